The van der Waals surface area contributed by atoms with E-state index in [9.17, 15) is 18.3 Å². The van der Waals surface area contributed by atoms with Gasteiger partial charge in [-0.2, -0.15) is 28.1 Å². The maximum absolute atomic E-state index is 13.4. The van der Waals surface area contributed by atoms with Crippen molar-refractivity contribution < 1.29 is 34.7 Å². The monoisotopic (exact) mass is 431 g/mol. The lowest BCUT2D eigenvalue weighted by Gasteiger charge is -2.18. The van der Waals surface area contributed by atoms with E-state index in [1.807, 2.05) is 0 Å². The van der Waals surface area contributed by atoms with E-state index < -0.39 is 91.1 Å². The molecule has 0 aliphatic heterocycles. The Hall–Kier alpha value is -3.34. The molecule has 0 saturated heterocycles. The van der Waals surface area contributed by atoms with Crippen molar-refractivity contribution in [2.45, 2.75) is 32.4 Å². The maximum Gasteiger partial charge on any atom is 0.433 e. The molecule has 0 amide bonds. The Morgan fingerprint density at radius 1 is 1.17 bits per heavy atom. The van der Waals surface area contributed by atoms with Gasteiger partial charge in [0.15, 0.2) is 5.82 Å². The van der Waals surface area contributed by atoms with Crippen molar-refractivity contribution in [2.24, 2.45) is 0 Å². The van der Waals surface area contributed by atoms with Crippen LogP contribution in [0, 0.1) is 6.92 Å². The van der Waals surface area contributed by atoms with Crippen LogP contribution in [0.25, 0.3) is 11.5 Å². The zero-order valence-corrected chi connectivity index (χ0v) is 15.0. The quantitative estimate of drug-likeness (QED) is 0.543. The Morgan fingerprint density at radius 2 is 1.93 bits per heavy atom. The second-order valence-electron chi connectivity index (χ2n) is 5.65. The predicted molar refractivity (Wildman–Crippen MR) is 105 cm³/mol. The highest BCUT2D eigenvalue weighted by atomic mass is 19.4. The van der Waals surface area contributed by atoms with Crippen LogP contribution in [0.2, 0.25) is 0 Å². The molecule has 3 heterocycles. The first-order valence-electron chi connectivity index (χ1n) is 13.9. The SMILES string of the molecule is [2H]c1ccc(C(F)(F)F)nc1-c1nc(Nc2c([2H])c([2H])nc(C)c2[2H])nc(NC([2H])([2H])C(O)(C([2H])([2H])[2H])C([2H])([2H])[2H])n1. The molecule has 3 aromatic rings. The van der Waals surface area contributed by atoms with Crippen LogP contribution in [0.1, 0.15) is 41.5 Å². The number of aliphatic hydroxyl groups is 1. The van der Waals surface area contributed by atoms with Crippen molar-refractivity contribution in [2.75, 3.05) is 17.1 Å². The molecule has 30 heavy (non-hydrogen) atoms. The van der Waals surface area contributed by atoms with Gasteiger partial charge in [0, 0.05) is 32.3 Å². The second-order valence-corrected chi connectivity index (χ2v) is 5.65. The molecule has 158 valence electrons. The minimum atomic E-state index is -4.98. The third-order valence-corrected chi connectivity index (χ3v) is 3.13. The molecule has 11 heteroatoms. The molecule has 0 saturated carbocycles. The van der Waals surface area contributed by atoms with Gasteiger partial charge >= 0.3 is 6.18 Å². The fourth-order valence-electron chi connectivity index (χ4n) is 1.98. The number of aromatic nitrogens is 5. The fraction of sp³-hybridized carbons (Fsp3) is 0.316. The molecule has 0 unspecified atom stereocenters. The average molecular weight is 431 g/mol. The van der Waals surface area contributed by atoms with Gasteiger partial charge in [0.1, 0.15) is 11.4 Å². The summed E-state index contributed by atoms with van der Waals surface area (Å²) < 4.78 is 133. The summed E-state index contributed by atoms with van der Waals surface area (Å²) in [5, 5.41) is 14.8. The Labute approximate surface area is 187 Å². The second kappa shape index (κ2) is 8.19. The van der Waals surface area contributed by atoms with Crippen LogP contribution in [0.4, 0.5) is 30.8 Å². The fourth-order valence-corrected chi connectivity index (χ4v) is 1.98. The largest absolute Gasteiger partial charge is 0.433 e. The van der Waals surface area contributed by atoms with Gasteiger partial charge < -0.3 is 15.7 Å². The molecule has 0 aliphatic carbocycles. The number of halogens is 3. The van der Waals surface area contributed by atoms with Gasteiger partial charge in [-0.1, -0.05) is 6.07 Å². The molecular formula is C19H20F3N7O. The Balaban J connectivity index is 2.29. The molecule has 0 atom stereocenters. The number of pyridine rings is 2. The van der Waals surface area contributed by atoms with Crippen molar-refractivity contribution >= 4 is 17.6 Å². The van der Waals surface area contributed by atoms with Crippen LogP contribution in [-0.2, 0) is 6.18 Å². The lowest BCUT2D eigenvalue weighted by atomic mass is 10.1. The van der Waals surface area contributed by atoms with Crippen molar-refractivity contribution in [3.05, 3.63) is 47.8 Å². The number of nitrogens with one attached hydrogen (secondary N) is 2. The number of aryl methyl sites for hydroxylation is 1. The number of alkyl halides is 3. The summed E-state index contributed by atoms with van der Waals surface area (Å²) in [5.41, 5.74) is -6.85. The first-order valence-corrected chi connectivity index (χ1v) is 7.94. The predicted octanol–water partition coefficient (Wildman–Crippen LogP) is 3.58. The molecule has 3 aromatic heterocycles. The Bertz CT molecular complexity index is 1480. The highest BCUT2D eigenvalue weighted by Crippen LogP contribution is 2.29. The molecule has 0 fully saturated rings. The summed E-state index contributed by atoms with van der Waals surface area (Å²) in [5.74, 6) is -2.63. The topological polar surface area (TPSA) is 109 Å². The van der Waals surface area contributed by atoms with Gasteiger partial charge in [-0.3, -0.25) is 4.98 Å². The molecule has 0 radical (unpaired) electrons. The van der Waals surface area contributed by atoms with Crippen molar-refractivity contribution in [1.82, 2.24) is 24.9 Å². The first kappa shape index (κ1) is 10.6. The van der Waals surface area contributed by atoms with E-state index in [-0.39, 0.29) is 5.69 Å². The van der Waals surface area contributed by atoms with Crippen LogP contribution in [0.3, 0.4) is 0 Å². The standard InChI is InChI=1S/C19H20F3N7O/c1-11-9-12(7-8-23-11)25-17-28-15(27-16(29-17)24-10-18(2,3)30)13-5-4-6-14(26-13)19(20,21)22/h4-9,30H,10H2,1-3H3,(H2,23,24,25,27,28,29)/i2D3,3D3,5D,7D,8D,9D,10D2. The van der Waals surface area contributed by atoms with Crippen LogP contribution in [-0.4, -0.2) is 42.1 Å². The summed E-state index contributed by atoms with van der Waals surface area (Å²) in [4.78, 5) is 18.3. The highest BCUT2D eigenvalue weighted by molar-refractivity contribution is 5.59. The lowest BCUT2D eigenvalue weighted by molar-refractivity contribution is -0.141. The number of rotatable bonds is 6. The minimum absolute atomic E-state index is 0.0316. The van der Waals surface area contributed by atoms with Gasteiger partial charge in [0.05, 0.1) is 13.8 Å². The summed E-state index contributed by atoms with van der Waals surface area (Å²) in [7, 11) is 0. The van der Waals surface area contributed by atoms with Gasteiger partial charge in [-0.05, 0) is 44.8 Å². The van der Waals surface area contributed by atoms with Crippen molar-refractivity contribution in [3.63, 3.8) is 0 Å². The molecule has 0 aliphatic rings. The third kappa shape index (κ3) is 5.83. The van der Waals surface area contributed by atoms with E-state index in [1.165, 1.54) is 6.92 Å². The number of anilines is 3. The molecule has 3 N–H and O–H groups in total. The number of hydrogen-bond donors (Lipinski definition) is 3. The van der Waals surface area contributed by atoms with Crippen LogP contribution in [0.15, 0.2) is 36.4 Å². The highest BCUT2D eigenvalue weighted by Gasteiger charge is 2.32. The molecular weight excluding hydrogens is 399 g/mol. The van der Waals surface area contributed by atoms with Crippen LogP contribution < -0.4 is 10.6 Å². The summed E-state index contributed by atoms with van der Waals surface area (Å²) in [6.45, 7) is -10.2. The zero-order valence-electron chi connectivity index (χ0n) is 27.0. The molecule has 0 aromatic carbocycles. The zero-order chi connectivity index (χ0) is 32.2. The lowest BCUT2D eigenvalue weighted by Crippen LogP contribution is -2.30. The summed E-state index contributed by atoms with van der Waals surface area (Å²) in [6.07, 6.45) is -5.58. The molecule has 8 nitrogen and oxygen atoms in total. The Kier molecular flexibility index (Phi) is 2.90. The minimum Gasteiger partial charge on any atom is -0.389 e. The van der Waals surface area contributed by atoms with Gasteiger partial charge in [0.2, 0.25) is 11.9 Å². The average Bonchev–Trinajstić information content (AvgIpc) is 2.82. The smallest absolute Gasteiger partial charge is 0.389 e. The van der Waals surface area contributed by atoms with E-state index in [0.29, 0.717) is 12.1 Å². The maximum atomic E-state index is 13.4. The van der Waals surface area contributed by atoms with Crippen molar-refractivity contribution in [3.8, 4) is 11.5 Å². The van der Waals surface area contributed by atoms with E-state index in [4.69, 9.17) is 16.4 Å². The summed E-state index contributed by atoms with van der Waals surface area (Å²) in [6, 6.07) is -0.536. The van der Waals surface area contributed by atoms with Gasteiger partial charge in [-0.15, -0.1) is 0 Å². The van der Waals surface area contributed by atoms with E-state index >= 15 is 0 Å². The number of hydrogen-bond acceptors (Lipinski definition) is 8. The van der Waals surface area contributed by atoms with Crippen LogP contribution >= 0.6 is 0 Å². The first-order chi connectivity index (χ1) is 18.9. The van der Waals surface area contributed by atoms with Crippen LogP contribution in [0.5, 0.6) is 0 Å². The number of nitrogens with zero attached hydrogens (tertiary/aromatic N) is 5. The molecule has 0 spiro atoms. The van der Waals surface area contributed by atoms with E-state index in [1.54, 1.807) is 5.32 Å². The molecule has 3 rings (SSSR count). The van der Waals surface area contributed by atoms with Gasteiger partial charge in [-0.25, -0.2) is 4.98 Å². The Morgan fingerprint density at radius 3 is 2.67 bits per heavy atom. The third-order valence-electron chi connectivity index (χ3n) is 3.13. The van der Waals surface area contributed by atoms with Gasteiger partial charge in [0.25, 0.3) is 0 Å². The molecule has 0 bridgehead atoms. The summed E-state index contributed by atoms with van der Waals surface area (Å²) >= 11 is 0. The van der Waals surface area contributed by atoms with E-state index in [2.05, 4.69) is 30.2 Å². The van der Waals surface area contributed by atoms with E-state index in [0.717, 1.165) is 0 Å². The normalized spacial score (nSPS) is 19.1. The van der Waals surface area contributed by atoms with Crippen molar-refractivity contribution in [1.29, 1.82) is 0 Å².